The van der Waals surface area contributed by atoms with Gasteiger partial charge in [-0.25, -0.2) is 0 Å². The molecule has 15 heavy (non-hydrogen) atoms. The molecule has 0 aromatic rings. The third kappa shape index (κ3) is 8.00. The van der Waals surface area contributed by atoms with Gasteiger partial charge in [0.05, 0.1) is 6.54 Å². The first-order valence-corrected chi connectivity index (χ1v) is 5.47. The van der Waals surface area contributed by atoms with Crippen LogP contribution >= 0.6 is 0 Å². The van der Waals surface area contributed by atoms with Crippen molar-refractivity contribution in [3.05, 3.63) is 12.2 Å². The van der Waals surface area contributed by atoms with Gasteiger partial charge in [0.15, 0.2) is 0 Å². The van der Waals surface area contributed by atoms with Crippen molar-refractivity contribution in [2.24, 2.45) is 10.8 Å². The first-order chi connectivity index (χ1) is 7.10. The fourth-order valence-electron chi connectivity index (χ4n) is 1.03. The topological polar surface area (TPSA) is 53.6 Å². The van der Waals surface area contributed by atoms with Crippen molar-refractivity contribution >= 4 is 5.84 Å². The van der Waals surface area contributed by atoms with Crippen molar-refractivity contribution in [3.63, 3.8) is 0 Å². The van der Waals surface area contributed by atoms with E-state index in [0.717, 1.165) is 31.8 Å². The SMILES string of the molecule is C=C(C)CCN(C)/N=C(\CN)NCCC. The monoisotopic (exact) mass is 212 g/mol. The maximum absolute atomic E-state index is 5.58. The summed E-state index contributed by atoms with van der Waals surface area (Å²) in [6.45, 7) is 10.3. The van der Waals surface area contributed by atoms with Gasteiger partial charge in [0.25, 0.3) is 0 Å². The minimum atomic E-state index is 0.456. The molecule has 4 nitrogen and oxygen atoms in total. The molecule has 4 heteroatoms. The molecule has 0 aliphatic heterocycles. The Labute approximate surface area is 93.2 Å². The zero-order chi connectivity index (χ0) is 11.7. The summed E-state index contributed by atoms with van der Waals surface area (Å²) in [4.78, 5) is 0. The fraction of sp³-hybridized carbons (Fsp3) is 0.727. The molecular formula is C11H24N4. The van der Waals surface area contributed by atoms with E-state index in [9.17, 15) is 0 Å². The third-order valence-electron chi connectivity index (χ3n) is 1.93. The summed E-state index contributed by atoms with van der Waals surface area (Å²) >= 11 is 0. The number of hydrogen-bond donors (Lipinski definition) is 2. The van der Waals surface area contributed by atoms with Gasteiger partial charge in [-0.1, -0.05) is 12.5 Å². The lowest BCUT2D eigenvalue weighted by atomic mass is 10.2. The largest absolute Gasteiger partial charge is 0.371 e. The minimum absolute atomic E-state index is 0.456. The van der Waals surface area contributed by atoms with Crippen LogP contribution in [0.25, 0.3) is 0 Å². The number of nitrogens with zero attached hydrogens (tertiary/aromatic N) is 2. The van der Waals surface area contributed by atoms with Crippen LogP contribution in [0.4, 0.5) is 0 Å². The molecule has 3 N–H and O–H groups in total. The van der Waals surface area contributed by atoms with Crippen LogP contribution in [0.3, 0.4) is 0 Å². The molecule has 0 amide bonds. The molecule has 0 aliphatic carbocycles. The van der Waals surface area contributed by atoms with E-state index in [2.05, 4.69) is 23.9 Å². The summed E-state index contributed by atoms with van der Waals surface area (Å²) in [5, 5.41) is 9.48. The normalized spacial score (nSPS) is 11.3. The van der Waals surface area contributed by atoms with E-state index in [1.807, 2.05) is 19.0 Å². The van der Waals surface area contributed by atoms with Gasteiger partial charge < -0.3 is 11.1 Å². The Morgan fingerprint density at radius 3 is 2.67 bits per heavy atom. The zero-order valence-electron chi connectivity index (χ0n) is 10.2. The molecule has 0 spiro atoms. The molecule has 0 bridgehead atoms. The van der Waals surface area contributed by atoms with E-state index in [-0.39, 0.29) is 0 Å². The van der Waals surface area contributed by atoms with Crippen LogP contribution in [-0.2, 0) is 0 Å². The lowest BCUT2D eigenvalue weighted by Crippen LogP contribution is -2.33. The summed E-state index contributed by atoms with van der Waals surface area (Å²) in [6, 6.07) is 0. The van der Waals surface area contributed by atoms with E-state index in [0.29, 0.717) is 6.54 Å². The highest BCUT2D eigenvalue weighted by Gasteiger charge is 1.98. The Morgan fingerprint density at radius 2 is 2.20 bits per heavy atom. The molecule has 88 valence electrons. The van der Waals surface area contributed by atoms with Crippen LogP contribution in [0.5, 0.6) is 0 Å². The van der Waals surface area contributed by atoms with Gasteiger partial charge >= 0.3 is 0 Å². The van der Waals surface area contributed by atoms with Gasteiger partial charge in [0.1, 0.15) is 5.84 Å². The Morgan fingerprint density at radius 1 is 1.53 bits per heavy atom. The van der Waals surface area contributed by atoms with Crippen LogP contribution < -0.4 is 11.1 Å². The van der Waals surface area contributed by atoms with Crippen molar-refractivity contribution < 1.29 is 0 Å². The summed E-state index contributed by atoms with van der Waals surface area (Å²) in [5.74, 6) is 0.848. The second-order valence-electron chi connectivity index (χ2n) is 3.77. The number of rotatable bonds is 7. The Bertz CT molecular complexity index is 211. The molecule has 0 fully saturated rings. The summed E-state index contributed by atoms with van der Waals surface area (Å²) in [6.07, 6.45) is 2.04. The molecule has 0 heterocycles. The smallest absolute Gasteiger partial charge is 0.136 e. The zero-order valence-corrected chi connectivity index (χ0v) is 10.2. The Balaban J connectivity index is 3.98. The number of nitrogens with two attached hydrogens (primary N) is 1. The van der Waals surface area contributed by atoms with Gasteiger partial charge in [0, 0.05) is 20.1 Å². The Hall–Kier alpha value is -1.03. The van der Waals surface area contributed by atoms with E-state index >= 15 is 0 Å². The van der Waals surface area contributed by atoms with Crippen LogP contribution in [0.1, 0.15) is 26.7 Å². The maximum atomic E-state index is 5.58. The Kier molecular flexibility index (Phi) is 7.72. The fourth-order valence-corrected chi connectivity index (χ4v) is 1.03. The summed E-state index contributed by atoms with van der Waals surface area (Å²) in [7, 11) is 1.95. The third-order valence-corrected chi connectivity index (χ3v) is 1.93. The van der Waals surface area contributed by atoms with Crippen molar-refractivity contribution in [1.82, 2.24) is 10.3 Å². The predicted octanol–water partition coefficient (Wildman–Crippen LogP) is 1.16. The van der Waals surface area contributed by atoms with Gasteiger partial charge in [0.2, 0.25) is 0 Å². The second kappa shape index (κ2) is 8.29. The molecule has 0 radical (unpaired) electrons. The summed E-state index contributed by atoms with van der Waals surface area (Å²) < 4.78 is 0. The van der Waals surface area contributed by atoms with Crippen molar-refractivity contribution in [3.8, 4) is 0 Å². The highest BCUT2D eigenvalue weighted by molar-refractivity contribution is 5.83. The number of hydrogen-bond acceptors (Lipinski definition) is 3. The lowest BCUT2D eigenvalue weighted by Gasteiger charge is -2.15. The average molecular weight is 212 g/mol. The molecule has 0 aromatic heterocycles. The van der Waals surface area contributed by atoms with E-state index in [1.54, 1.807) is 0 Å². The summed E-state index contributed by atoms with van der Waals surface area (Å²) in [5.41, 5.74) is 6.75. The minimum Gasteiger partial charge on any atom is -0.371 e. The molecule has 0 rings (SSSR count). The molecular weight excluding hydrogens is 188 g/mol. The molecule has 0 unspecified atom stereocenters. The highest BCUT2D eigenvalue weighted by Crippen LogP contribution is 1.97. The molecule has 0 atom stereocenters. The van der Waals surface area contributed by atoms with Gasteiger partial charge in [-0.2, -0.15) is 5.10 Å². The van der Waals surface area contributed by atoms with Crippen molar-refractivity contribution in [1.29, 1.82) is 0 Å². The van der Waals surface area contributed by atoms with Crippen LogP contribution in [0.15, 0.2) is 17.3 Å². The maximum Gasteiger partial charge on any atom is 0.136 e. The lowest BCUT2D eigenvalue weighted by molar-refractivity contribution is 0.356. The predicted molar refractivity (Wildman–Crippen MR) is 66.8 cm³/mol. The van der Waals surface area contributed by atoms with Crippen LogP contribution in [-0.4, -0.2) is 37.5 Å². The van der Waals surface area contributed by atoms with Crippen LogP contribution in [0, 0.1) is 0 Å². The van der Waals surface area contributed by atoms with Gasteiger partial charge in [-0.15, -0.1) is 6.58 Å². The van der Waals surface area contributed by atoms with Gasteiger partial charge in [-0.3, -0.25) is 5.01 Å². The van der Waals surface area contributed by atoms with Crippen LogP contribution in [0.2, 0.25) is 0 Å². The molecule has 0 saturated heterocycles. The molecule has 0 aliphatic rings. The second-order valence-corrected chi connectivity index (χ2v) is 3.77. The molecule has 0 saturated carbocycles. The van der Waals surface area contributed by atoms with Gasteiger partial charge in [-0.05, 0) is 19.8 Å². The molecule has 0 aromatic carbocycles. The van der Waals surface area contributed by atoms with Crippen molar-refractivity contribution in [2.75, 3.05) is 26.7 Å². The average Bonchev–Trinajstić information content (AvgIpc) is 2.21. The number of amidine groups is 1. The quantitative estimate of drug-likeness (QED) is 0.288. The highest BCUT2D eigenvalue weighted by atomic mass is 15.4. The van der Waals surface area contributed by atoms with E-state index in [4.69, 9.17) is 5.73 Å². The van der Waals surface area contributed by atoms with E-state index in [1.165, 1.54) is 5.57 Å². The standard InChI is InChI=1S/C11H24N4/c1-5-7-13-11(9-12)14-15(4)8-6-10(2)3/h2,5-9,12H2,1,3-4H3,(H,13,14). The van der Waals surface area contributed by atoms with Crippen molar-refractivity contribution in [2.45, 2.75) is 26.7 Å². The van der Waals surface area contributed by atoms with E-state index < -0.39 is 0 Å². The number of nitrogens with one attached hydrogen (secondary N) is 1. The first-order valence-electron chi connectivity index (χ1n) is 5.47. The first kappa shape index (κ1) is 14.0. The number of hydrazone groups is 1.